The normalized spacial score (nSPS) is 14.9. The summed E-state index contributed by atoms with van der Waals surface area (Å²) in [6.07, 6.45) is 2.22. The molecule has 122 valence electrons. The lowest BCUT2D eigenvalue weighted by Gasteiger charge is -2.05. The molecule has 0 aliphatic heterocycles. The Morgan fingerprint density at radius 2 is 1.88 bits per heavy atom. The Morgan fingerprint density at radius 3 is 2.54 bits per heavy atom. The first-order chi connectivity index (χ1) is 11.5. The smallest absolute Gasteiger partial charge is 0.310 e. The zero-order valence-electron chi connectivity index (χ0n) is 13.4. The third-order valence-corrected chi connectivity index (χ3v) is 4.90. The van der Waals surface area contributed by atoms with Crippen molar-refractivity contribution in [2.75, 3.05) is 7.11 Å². The van der Waals surface area contributed by atoms with Gasteiger partial charge in [0.25, 0.3) is 0 Å². The van der Waals surface area contributed by atoms with Crippen LogP contribution in [-0.4, -0.2) is 13.1 Å². The third kappa shape index (κ3) is 3.29. The van der Waals surface area contributed by atoms with E-state index in [4.69, 9.17) is 4.74 Å². The Bertz CT molecular complexity index is 864. The van der Waals surface area contributed by atoms with Crippen LogP contribution in [0.1, 0.15) is 30.0 Å². The number of fused-ring (bicyclic) bond motifs is 1. The van der Waals surface area contributed by atoms with Gasteiger partial charge in [-0.3, -0.25) is 4.79 Å². The molecule has 0 heterocycles. The van der Waals surface area contributed by atoms with Gasteiger partial charge in [0.2, 0.25) is 0 Å². The Hall–Kier alpha value is -1.95. The Balaban J connectivity index is 2.12. The minimum Gasteiger partial charge on any atom is -0.469 e. The van der Waals surface area contributed by atoms with Crippen LogP contribution >= 0.6 is 22.6 Å². The first kappa shape index (κ1) is 16.9. The monoisotopic (exact) mass is 434 g/mol. The van der Waals surface area contributed by atoms with Crippen LogP contribution in [-0.2, 0) is 9.53 Å². The topological polar surface area (TPSA) is 26.3 Å². The van der Waals surface area contributed by atoms with Crippen molar-refractivity contribution in [2.45, 2.75) is 13.3 Å². The molecule has 24 heavy (non-hydrogen) atoms. The van der Waals surface area contributed by atoms with Gasteiger partial charge in [-0.05, 0) is 93.3 Å². The SMILES string of the molecule is COC(=O)CC1=C(C)/C(=C\c2ccc(I)cc2)c2ccc(F)cc21. The van der Waals surface area contributed by atoms with Gasteiger partial charge in [0.1, 0.15) is 5.82 Å². The van der Waals surface area contributed by atoms with Crippen LogP contribution in [0.5, 0.6) is 0 Å². The van der Waals surface area contributed by atoms with E-state index in [0.717, 1.165) is 33.4 Å². The molecule has 3 rings (SSSR count). The molecule has 0 saturated carbocycles. The van der Waals surface area contributed by atoms with Gasteiger partial charge in [0.05, 0.1) is 13.5 Å². The van der Waals surface area contributed by atoms with Gasteiger partial charge in [-0.15, -0.1) is 0 Å². The summed E-state index contributed by atoms with van der Waals surface area (Å²) < 4.78 is 19.7. The Kier molecular flexibility index (Phi) is 4.85. The number of ether oxygens (including phenoxy) is 1. The van der Waals surface area contributed by atoms with Gasteiger partial charge in [-0.25, -0.2) is 4.39 Å². The molecule has 0 spiro atoms. The van der Waals surface area contributed by atoms with Crippen LogP contribution in [0.25, 0.3) is 17.2 Å². The van der Waals surface area contributed by atoms with E-state index in [2.05, 4.69) is 28.7 Å². The number of methoxy groups -OCH3 is 1. The van der Waals surface area contributed by atoms with Crippen LogP contribution in [0.3, 0.4) is 0 Å². The minimum absolute atomic E-state index is 0.142. The molecule has 0 fully saturated rings. The second kappa shape index (κ2) is 6.89. The van der Waals surface area contributed by atoms with E-state index in [-0.39, 0.29) is 18.2 Å². The van der Waals surface area contributed by atoms with Crippen molar-refractivity contribution in [2.24, 2.45) is 0 Å². The van der Waals surface area contributed by atoms with Crippen molar-refractivity contribution in [3.63, 3.8) is 0 Å². The molecule has 0 saturated heterocycles. The summed E-state index contributed by atoms with van der Waals surface area (Å²) in [7, 11) is 1.36. The van der Waals surface area contributed by atoms with E-state index in [1.54, 1.807) is 6.07 Å². The molecule has 0 atom stereocenters. The van der Waals surface area contributed by atoms with Gasteiger partial charge in [0, 0.05) is 3.57 Å². The minimum atomic E-state index is -0.324. The third-order valence-electron chi connectivity index (χ3n) is 4.18. The quantitative estimate of drug-likeness (QED) is 0.483. The van der Waals surface area contributed by atoms with Gasteiger partial charge >= 0.3 is 5.97 Å². The van der Waals surface area contributed by atoms with Crippen molar-refractivity contribution in [1.29, 1.82) is 0 Å². The molecule has 0 radical (unpaired) electrons. The van der Waals surface area contributed by atoms with Crippen molar-refractivity contribution in [1.82, 2.24) is 0 Å². The van der Waals surface area contributed by atoms with Crippen molar-refractivity contribution < 1.29 is 13.9 Å². The van der Waals surface area contributed by atoms with Crippen molar-refractivity contribution in [3.8, 4) is 0 Å². The average molecular weight is 434 g/mol. The Labute approximate surface area is 154 Å². The first-order valence-corrected chi connectivity index (χ1v) is 8.62. The molecule has 0 bridgehead atoms. The number of esters is 1. The zero-order valence-corrected chi connectivity index (χ0v) is 15.6. The lowest BCUT2D eigenvalue weighted by atomic mass is 10.0. The molecular weight excluding hydrogens is 418 g/mol. The molecule has 4 heteroatoms. The van der Waals surface area contributed by atoms with Gasteiger partial charge in [-0.2, -0.15) is 0 Å². The summed E-state index contributed by atoms with van der Waals surface area (Å²) in [6.45, 7) is 1.97. The van der Waals surface area contributed by atoms with E-state index in [1.165, 1.54) is 22.8 Å². The highest BCUT2D eigenvalue weighted by Gasteiger charge is 2.25. The largest absolute Gasteiger partial charge is 0.469 e. The molecular formula is C20H16FIO2. The molecule has 0 unspecified atom stereocenters. The number of carbonyl (C=O) groups excluding carboxylic acids is 1. The first-order valence-electron chi connectivity index (χ1n) is 7.54. The second-order valence-corrected chi connectivity index (χ2v) is 6.90. The molecule has 2 nitrogen and oxygen atoms in total. The van der Waals surface area contributed by atoms with E-state index in [9.17, 15) is 9.18 Å². The van der Waals surface area contributed by atoms with Gasteiger partial charge in [-0.1, -0.05) is 18.2 Å². The highest BCUT2D eigenvalue weighted by atomic mass is 127. The summed E-state index contributed by atoms with van der Waals surface area (Å²) in [5.41, 5.74) is 5.62. The number of allylic oxidation sites excluding steroid dienone is 2. The molecule has 0 N–H and O–H groups in total. The lowest BCUT2D eigenvalue weighted by molar-refractivity contribution is -0.139. The summed E-state index contributed by atoms with van der Waals surface area (Å²) in [5, 5.41) is 0. The van der Waals surface area contributed by atoms with E-state index in [1.807, 2.05) is 31.2 Å². The van der Waals surface area contributed by atoms with Gasteiger partial charge in [0.15, 0.2) is 0 Å². The number of rotatable bonds is 3. The fourth-order valence-corrected chi connectivity index (χ4v) is 3.28. The lowest BCUT2D eigenvalue weighted by Crippen LogP contribution is -2.01. The highest BCUT2D eigenvalue weighted by molar-refractivity contribution is 14.1. The number of hydrogen-bond donors (Lipinski definition) is 0. The predicted octanol–water partition coefficient (Wildman–Crippen LogP) is 5.32. The fraction of sp³-hybridized carbons (Fsp3) is 0.150. The van der Waals surface area contributed by atoms with Crippen molar-refractivity contribution in [3.05, 3.63) is 74.1 Å². The molecule has 1 aliphatic rings. The molecule has 0 aromatic heterocycles. The van der Waals surface area contributed by atoms with E-state index < -0.39 is 0 Å². The predicted molar refractivity (Wildman–Crippen MR) is 103 cm³/mol. The maximum absolute atomic E-state index is 13.7. The summed E-state index contributed by atoms with van der Waals surface area (Å²) in [5.74, 6) is -0.630. The van der Waals surface area contributed by atoms with Crippen LogP contribution in [0.4, 0.5) is 4.39 Å². The van der Waals surface area contributed by atoms with Crippen molar-refractivity contribution >= 4 is 45.8 Å². The standard InChI is InChI=1S/C20H16FIO2/c1-12-17(9-13-3-6-15(22)7-4-13)16-8-5-14(21)10-19(16)18(12)11-20(23)24-2/h3-10H,11H2,1-2H3/b17-9+. The summed E-state index contributed by atoms with van der Waals surface area (Å²) in [6, 6.07) is 12.9. The molecule has 2 aromatic carbocycles. The maximum Gasteiger partial charge on any atom is 0.310 e. The van der Waals surface area contributed by atoms with Crippen LogP contribution < -0.4 is 0 Å². The second-order valence-electron chi connectivity index (χ2n) is 5.66. The average Bonchev–Trinajstić information content (AvgIpc) is 2.82. The fourth-order valence-electron chi connectivity index (χ4n) is 2.92. The van der Waals surface area contributed by atoms with E-state index in [0.29, 0.717) is 0 Å². The van der Waals surface area contributed by atoms with Crippen LogP contribution in [0.15, 0.2) is 48.0 Å². The van der Waals surface area contributed by atoms with E-state index >= 15 is 0 Å². The number of benzene rings is 2. The van der Waals surface area contributed by atoms with Crippen LogP contribution in [0.2, 0.25) is 0 Å². The summed E-state index contributed by atoms with van der Waals surface area (Å²) >= 11 is 2.27. The van der Waals surface area contributed by atoms with Crippen LogP contribution in [0, 0.1) is 9.39 Å². The Morgan fingerprint density at radius 1 is 1.17 bits per heavy atom. The maximum atomic E-state index is 13.7. The summed E-state index contributed by atoms with van der Waals surface area (Å²) in [4.78, 5) is 11.7. The number of carbonyl (C=O) groups is 1. The molecule has 2 aromatic rings. The number of hydrogen-bond acceptors (Lipinski definition) is 2. The zero-order chi connectivity index (χ0) is 17.3. The molecule has 0 amide bonds. The number of halogens is 2. The van der Waals surface area contributed by atoms with Gasteiger partial charge < -0.3 is 4.74 Å². The highest BCUT2D eigenvalue weighted by Crippen LogP contribution is 2.43. The molecule has 1 aliphatic carbocycles.